The normalized spacial score (nSPS) is 15.3. The third-order valence-electron chi connectivity index (χ3n) is 3.55. The summed E-state index contributed by atoms with van der Waals surface area (Å²) < 4.78 is 0. The summed E-state index contributed by atoms with van der Waals surface area (Å²) in [6.45, 7) is 1.82. The molecule has 2 heterocycles. The number of hydrogen-bond acceptors (Lipinski definition) is 5. The summed E-state index contributed by atoms with van der Waals surface area (Å²) in [7, 11) is 0. The van der Waals surface area contributed by atoms with Gasteiger partial charge in [-0.15, -0.1) is 11.3 Å². The summed E-state index contributed by atoms with van der Waals surface area (Å²) in [5.74, 6) is -0.337. The predicted octanol–water partition coefficient (Wildman–Crippen LogP) is 3.11. The molecule has 0 saturated heterocycles. The number of carboxylic acids is 1. The number of aryl methyl sites for hydroxylation is 2. The van der Waals surface area contributed by atoms with Crippen molar-refractivity contribution >= 4 is 44.9 Å². The van der Waals surface area contributed by atoms with Gasteiger partial charge >= 0.3 is 5.97 Å². The van der Waals surface area contributed by atoms with Crippen molar-refractivity contribution in [1.82, 2.24) is 9.97 Å². The second-order valence-electron chi connectivity index (χ2n) is 4.82. The number of aromatic nitrogens is 2. The van der Waals surface area contributed by atoms with E-state index in [1.807, 2.05) is 6.92 Å². The Morgan fingerprint density at radius 1 is 1.50 bits per heavy atom. The number of aliphatic carboxylic acids is 1. The van der Waals surface area contributed by atoms with E-state index in [0.29, 0.717) is 12.2 Å². The Balaban J connectivity index is 2.11. The molecule has 3 rings (SSSR count). The highest BCUT2D eigenvalue weighted by atomic mass is 35.5. The zero-order valence-electron chi connectivity index (χ0n) is 10.9. The standard InChI is InChI=1S/C13H14ClN3O2S/c1-2-7(12(18)19)15-10-9-6-4-3-5-8(6)20-11(9)17-13(14)16-10/h7H,2-5H2,1H3,(H,18,19)(H,15,16,17). The molecule has 106 valence electrons. The largest absolute Gasteiger partial charge is 0.480 e. The van der Waals surface area contributed by atoms with E-state index in [1.54, 1.807) is 11.3 Å². The van der Waals surface area contributed by atoms with E-state index in [1.165, 1.54) is 10.4 Å². The lowest BCUT2D eigenvalue weighted by molar-refractivity contribution is -0.137. The van der Waals surface area contributed by atoms with Gasteiger partial charge in [-0.1, -0.05) is 6.92 Å². The molecule has 0 radical (unpaired) electrons. The number of carbonyl (C=O) groups is 1. The van der Waals surface area contributed by atoms with Gasteiger partial charge in [-0.05, 0) is 42.8 Å². The number of anilines is 1. The average Bonchev–Trinajstić information content (AvgIpc) is 2.94. The third-order valence-corrected chi connectivity index (χ3v) is 4.91. The van der Waals surface area contributed by atoms with Gasteiger partial charge in [0, 0.05) is 4.88 Å². The first-order valence-electron chi connectivity index (χ1n) is 6.57. The van der Waals surface area contributed by atoms with E-state index < -0.39 is 12.0 Å². The molecule has 5 nitrogen and oxygen atoms in total. The number of thiophene rings is 1. The third kappa shape index (κ3) is 2.23. The highest BCUT2D eigenvalue weighted by molar-refractivity contribution is 7.19. The van der Waals surface area contributed by atoms with Gasteiger partial charge in [0.2, 0.25) is 5.28 Å². The lowest BCUT2D eigenvalue weighted by Crippen LogP contribution is -2.28. The summed E-state index contributed by atoms with van der Waals surface area (Å²) >= 11 is 7.58. The Morgan fingerprint density at radius 2 is 2.30 bits per heavy atom. The van der Waals surface area contributed by atoms with Gasteiger partial charge < -0.3 is 10.4 Å². The Kier molecular flexibility index (Phi) is 3.52. The van der Waals surface area contributed by atoms with Crippen LogP contribution in [0.15, 0.2) is 0 Å². The van der Waals surface area contributed by atoms with Crippen LogP contribution in [0.2, 0.25) is 5.28 Å². The lowest BCUT2D eigenvalue weighted by atomic mass is 10.1. The summed E-state index contributed by atoms with van der Waals surface area (Å²) in [4.78, 5) is 21.8. The number of fused-ring (bicyclic) bond motifs is 3. The molecule has 1 aliphatic rings. The van der Waals surface area contributed by atoms with Crippen molar-refractivity contribution in [1.29, 1.82) is 0 Å². The maximum Gasteiger partial charge on any atom is 0.326 e. The van der Waals surface area contributed by atoms with E-state index in [2.05, 4.69) is 15.3 Å². The monoisotopic (exact) mass is 311 g/mol. The minimum absolute atomic E-state index is 0.153. The molecule has 0 spiro atoms. The minimum Gasteiger partial charge on any atom is -0.480 e. The first-order valence-corrected chi connectivity index (χ1v) is 7.76. The fourth-order valence-corrected chi connectivity index (χ4v) is 4.06. The van der Waals surface area contributed by atoms with E-state index in [-0.39, 0.29) is 5.28 Å². The van der Waals surface area contributed by atoms with Crippen molar-refractivity contribution in [3.63, 3.8) is 0 Å². The van der Waals surface area contributed by atoms with E-state index >= 15 is 0 Å². The van der Waals surface area contributed by atoms with Crippen molar-refractivity contribution in [2.75, 3.05) is 5.32 Å². The van der Waals surface area contributed by atoms with Crippen LogP contribution < -0.4 is 5.32 Å². The van der Waals surface area contributed by atoms with Crippen LogP contribution in [-0.4, -0.2) is 27.1 Å². The fourth-order valence-electron chi connectivity index (χ4n) is 2.58. The summed E-state index contributed by atoms with van der Waals surface area (Å²) in [5, 5.41) is 13.3. The van der Waals surface area contributed by atoms with Crippen LogP contribution in [-0.2, 0) is 17.6 Å². The molecule has 2 N–H and O–H groups in total. The van der Waals surface area contributed by atoms with Crippen LogP contribution in [0, 0.1) is 0 Å². The Bertz CT molecular complexity index is 686. The van der Waals surface area contributed by atoms with Gasteiger partial charge in [0.25, 0.3) is 0 Å². The van der Waals surface area contributed by atoms with Gasteiger partial charge in [-0.3, -0.25) is 0 Å². The molecule has 2 aromatic rings. The molecule has 1 aliphatic carbocycles. The molecule has 0 fully saturated rings. The van der Waals surface area contributed by atoms with Crippen LogP contribution in [0.25, 0.3) is 10.2 Å². The maximum absolute atomic E-state index is 11.2. The summed E-state index contributed by atoms with van der Waals surface area (Å²) in [6, 6.07) is -0.666. The molecular formula is C13H14ClN3O2S. The average molecular weight is 312 g/mol. The zero-order valence-corrected chi connectivity index (χ0v) is 12.5. The molecule has 2 aromatic heterocycles. The SMILES string of the molecule is CCC(Nc1nc(Cl)nc2sc3c(c12)CCC3)C(=O)O. The fraction of sp³-hybridized carbons (Fsp3) is 0.462. The minimum atomic E-state index is -0.887. The molecule has 0 aliphatic heterocycles. The lowest BCUT2D eigenvalue weighted by Gasteiger charge is -2.14. The van der Waals surface area contributed by atoms with Crippen LogP contribution in [0.5, 0.6) is 0 Å². The predicted molar refractivity (Wildman–Crippen MR) is 79.8 cm³/mol. The van der Waals surface area contributed by atoms with Crippen LogP contribution in [0.3, 0.4) is 0 Å². The van der Waals surface area contributed by atoms with Gasteiger partial charge in [-0.25, -0.2) is 14.8 Å². The van der Waals surface area contributed by atoms with E-state index in [0.717, 1.165) is 29.5 Å². The van der Waals surface area contributed by atoms with Crippen molar-refractivity contribution in [2.24, 2.45) is 0 Å². The molecule has 1 atom stereocenters. The van der Waals surface area contributed by atoms with E-state index in [4.69, 9.17) is 11.6 Å². The van der Waals surface area contributed by atoms with Crippen LogP contribution in [0.1, 0.15) is 30.2 Å². The molecule has 0 saturated carbocycles. The number of hydrogen-bond donors (Lipinski definition) is 2. The van der Waals surface area contributed by atoms with Gasteiger partial charge in [0.15, 0.2) is 0 Å². The highest BCUT2D eigenvalue weighted by Gasteiger charge is 2.24. The van der Waals surface area contributed by atoms with Crippen LogP contribution >= 0.6 is 22.9 Å². The Hall–Kier alpha value is -1.40. The summed E-state index contributed by atoms with van der Waals surface area (Å²) in [6.07, 6.45) is 3.67. The molecule has 0 amide bonds. The topological polar surface area (TPSA) is 75.1 Å². The van der Waals surface area contributed by atoms with Gasteiger partial charge in [0.1, 0.15) is 16.7 Å². The summed E-state index contributed by atoms with van der Waals surface area (Å²) in [5.41, 5.74) is 1.25. The highest BCUT2D eigenvalue weighted by Crippen LogP contribution is 2.40. The molecular weight excluding hydrogens is 298 g/mol. The van der Waals surface area contributed by atoms with Crippen molar-refractivity contribution < 1.29 is 9.90 Å². The quantitative estimate of drug-likeness (QED) is 0.849. The Labute approximate surface area is 125 Å². The molecule has 7 heteroatoms. The van der Waals surface area contributed by atoms with Crippen molar-refractivity contribution in [3.05, 3.63) is 15.7 Å². The first-order chi connectivity index (χ1) is 9.60. The molecule has 20 heavy (non-hydrogen) atoms. The van der Waals surface area contributed by atoms with Gasteiger partial charge in [0.05, 0.1) is 5.39 Å². The number of carboxylic acid groups (broad SMARTS) is 1. The number of halogens is 1. The van der Waals surface area contributed by atoms with Gasteiger partial charge in [-0.2, -0.15) is 0 Å². The molecule has 1 unspecified atom stereocenters. The number of rotatable bonds is 4. The number of nitrogens with zero attached hydrogens (tertiary/aromatic N) is 2. The Morgan fingerprint density at radius 3 is 3.00 bits per heavy atom. The smallest absolute Gasteiger partial charge is 0.326 e. The maximum atomic E-state index is 11.2. The first kappa shape index (κ1) is 13.6. The van der Waals surface area contributed by atoms with Crippen molar-refractivity contribution in [2.45, 2.75) is 38.6 Å². The van der Waals surface area contributed by atoms with Crippen LogP contribution in [0.4, 0.5) is 5.82 Å². The number of nitrogens with one attached hydrogen (secondary N) is 1. The molecule has 0 aromatic carbocycles. The molecule has 0 bridgehead atoms. The van der Waals surface area contributed by atoms with Crippen molar-refractivity contribution in [3.8, 4) is 0 Å². The zero-order chi connectivity index (χ0) is 14.3. The second-order valence-corrected chi connectivity index (χ2v) is 6.24. The second kappa shape index (κ2) is 5.18. The van der Waals surface area contributed by atoms with E-state index in [9.17, 15) is 9.90 Å².